The quantitative estimate of drug-likeness (QED) is 0.675. The smallest absolute Gasteiger partial charge is 0.331 e. The number of carboxylic acid groups (broad SMARTS) is 1. The maximum Gasteiger partial charge on any atom is 0.331 e. The van der Waals surface area contributed by atoms with E-state index < -0.39 is 5.97 Å². The van der Waals surface area contributed by atoms with Gasteiger partial charge in [-0.25, -0.2) is 4.79 Å². The minimum absolute atomic E-state index is 0.572. The number of aliphatic carboxylic acids is 1. The molecule has 2 nitrogen and oxygen atoms in total. The Hall–Kier alpha value is -0.700. The van der Waals surface area contributed by atoms with Crippen LogP contribution < -0.4 is 0 Å². The third-order valence-electron chi connectivity index (χ3n) is 2.29. The number of carboxylic acids is 1. The lowest BCUT2D eigenvalue weighted by atomic mass is 9.97. The summed E-state index contributed by atoms with van der Waals surface area (Å²) >= 11 is 1.79. The number of rotatable bonds is 1. The number of hydrogen-bond acceptors (Lipinski definition) is 2. The molecule has 0 spiro atoms. The summed E-state index contributed by atoms with van der Waals surface area (Å²) in [7, 11) is 0. The van der Waals surface area contributed by atoms with E-state index in [1.165, 1.54) is 10.5 Å². The number of hydrogen-bond donors (Lipinski definition) is 1. The van der Waals surface area contributed by atoms with E-state index >= 15 is 0 Å². The minimum atomic E-state index is -0.756. The van der Waals surface area contributed by atoms with Gasteiger partial charge in [0.1, 0.15) is 0 Å². The molecule has 0 aromatic carbocycles. The van der Waals surface area contributed by atoms with Crippen LogP contribution in [0.5, 0.6) is 0 Å². The van der Waals surface area contributed by atoms with Gasteiger partial charge in [0.25, 0.3) is 0 Å². The van der Waals surface area contributed by atoms with Crippen LogP contribution >= 0.6 is 11.8 Å². The molecule has 1 aliphatic heterocycles. The second-order valence-corrected chi connectivity index (χ2v) is 4.18. The highest BCUT2D eigenvalue weighted by atomic mass is 32.2. The third kappa shape index (κ3) is 1.29. The molecule has 0 saturated heterocycles. The highest BCUT2D eigenvalue weighted by Crippen LogP contribution is 2.39. The molecule has 2 rings (SSSR count). The number of thioether (sulfide) groups is 1. The topological polar surface area (TPSA) is 37.3 Å². The lowest BCUT2D eigenvalue weighted by Crippen LogP contribution is -2.04. The molecule has 0 unspecified atom stereocenters. The van der Waals surface area contributed by atoms with Crippen molar-refractivity contribution in [3.8, 4) is 0 Å². The zero-order chi connectivity index (χ0) is 8.55. The molecule has 0 atom stereocenters. The lowest BCUT2D eigenvalue weighted by Gasteiger charge is -2.10. The third-order valence-corrected chi connectivity index (χ3v) is 3.41. The Balaban J connectivity index is 2.26. The van der Waals surface area contributed by atoms with E-state index in [9.17, 15) is 4.79 Å². The standard InChI is InChI=1S/C9H10O2S/c10-9(11)7-2-1-6-3-4-12-8(6)5-7/h5H,1-4H2,(H,10,11). The van der Waals surface area contributed by atoms with Crippen LogP contribution in [0.1, 0.15) is 19.3 Å². The van der Waals surface area contributed by atoms with Crippen molar-refractivity contribution in [2.75, 3.05) is 5.75 Å². The average Bonchev–Trinajstić information content (AvgIpc) is 2.49. The molecule has 64 valence electrons. The van der Waals surface area contributed by atoms with Gasteiger partial charge in [-0.05, 0) is 25.3 Å². The molecule has 0 radical (unpaired) electrons. The SMILES string of the molecule is O=C(O)C1=CC2=C(CCS2)CC1. The molecule has 1 N–H and O–H groups in total. The van der Waals surface area contributed by atoms with Crippen LogP contribution in [0.3, 0.4) is 0 Å². The molecule has 0 aromatic heterocycles. The van der Waals surface area contributed by atoms with Gasteiger partial charge >= 0.3 is 5.97 Å². The Labute approximate surface area is 75.3 Å². The van der Waals surface area contributed by atoms with Crippen LogP contribution in [0, 0.1) is 0 Å². The summed E-state index contributed by atoms with van der Waals surface area (Å²) in [6.45, 7) is 0. The fourth-order valence-corrected chi connectivity index (χ4v) is 2.79. The van der Waals surface area contributed by atoms with Crippen LogP contribution in [-0.2, 0) is 4.79 Å². The van der Waals surface area contributed by atoms with Crippen molar-refractivity contribution < 1.29 is 9.90 Å². The van der Waals surface area contributed by atoms with Gasteiger partial charge in [-0.15, -0.1) is 11.8 Å². The van der Waals surface area contributed by atoms with Gasteiger partial charge in [0.2, 0.25) is 0 Å². The highest BCUT2D eigenvalue weighted by molar-refractivity contribution is 8.03. The van der Waals surface area contributed by atoms with Crippen LogP contribution in [0.15, 0.2) is 22.1 Å². The van der Waals surface area contributed by atoms with E-state index in [-0.39, 0.29) is 0 Å². The number of allylic oxidation sites excluding steroid dienone is 2. The molecule has 0 bridgehead atoms. The van der Waals surface area contributed by atoms with Crippen molar-refractivity contribution in [1.82, 2.24) is 0 Å². The second-order valence-electron chi connectivity index (χ2n) is 3.04. The zero-order valence-corrected chi connectivity index (χ0v) is 7.49. The van der Waals surface area contributed by atoms with Crippen molar-refractivity contribution in [1.29, 1.82) is 0 Å². The molecule has 12 heavy (non-hydrogen) atoms. The molecule has 0 saturated carbocycles. The average molecular weight is 182 g/mol. The first-order chi connectivity index (χ1) is 5.77. The molecule has 0 fully saturated rings. The summed E-state index contributed by atoms with van der Waals surface area (Å²) in [5, 5.41) is 8.76. The maximum atomic E-state index is 10.6. The van der Waals surface area contributed by atoms with Crippen molar-refractivity contribution in [2.24, 2.45) is 0 Å². The fourth-order valence-electron chi connectivity index (χ4n) is 1.59. The monoisotopic (exact) mass is 182 g/mol. The predicted octanol–water partition coefficient (Wildman–Crippen LogP) is 2.18. The first-order valence-electron chi connectivity index (χ1n) is 4.06. The predicted molar refractivity (Wildman–Crippen MR) is 49.1 cm³/mol. The first kappa shape index (κ1) is 7.92. The highest BCUT2D eigenvalue weighted by Gasteiger charge is 2.21. The summed E-state index contributed by atoms with van der Waals surface area (Å²) in [5.41, 5.74) is 2.04. The van der Waals surface area contributed by atoms with Gasteiger partial charge in [-0.3, -0.25) is 0 Å². The molecule has 1 heterocycles. The van der Waals surface area contributed by atoms with E-state index in [4.69, 9.17) is 5.11 Å². The molecule has 3 heteroatoms. The molecule has 0 amide bonds. The van der Waals surface area contributed by atoms with Crippen LogP contribution in [0.4, 0.5) is 0 Å². The Kier molecular flexibility index (Phi) is 1.97. The molecule has 0 aromatic rings. The van der Waals surface area contributed by atoms with E-state index in [1.54, 1.807) is 11.8 Å². The van der Waals surface area contributed by atoms with Gasteiger partial charge < -0.3 is 5.11 Å². The minimum Gasteiger partial charge on any atom is -0.478 e. The van der Waals surface area contributed by atoms with Gasteiger partial charge in [0.15, 0.2) is 0 Å². The summed E-state index contributed by atoms with van der Waals surface area (Å²) in [4.78, 5) is 11.9. The van der Waals surface area contributed by atoms with Crippen molar-refractivity contribution in [2.45, 2.75) is 19.3 Å². The van der Waals surface area contributed by atoms with E-state index in [1.807, 2.05) is 6.08 Å². The van der Waals surface area contributed by atoms with E-state index in [2.05, 4.69) is 0 Å². The largest absolute Gasteiger partial charge is 0.478 e. The molecular formula is C9H10O2S. The lowest BCUT2D eigenvalue weighted by molar-refractivity contribution is -0.132. The van der Waals surface area contributed by atoms with Gasteiger partial charge in [-0.1, -0.05) is 5.57 Å². The van der Waals surface area contributed by atoms with Crippen LogP contribution in [-0.4, -0.2) is 16.8 Å². The van der Waals surface area contributed by atoms with Crippen LogP contribution in [0.25, 0.3) is 0 Å². The van der Waals surface area contributed by atoms with Crippen molar-refractivity contribution >= 4 is 17.7 Å². The second kappa shape index (κ2) is 2.98. The maximum absolute atomic E-state index is 10.6. The Morgan fingerprint density at radius 3 is 3.00 bits per heavy atom. The Bertz CT molecular complexity index is 289. The Morgan fingerprint density at radius 2 is 2.25 bits per heavy atom. The van der Waals surface area contributed by atoms with E-state index in [0.29, 0.717) is 12.0 Å². The Morgan fingerprint density at radius 1 is 1.42 bits per heavy atom. The fraction of sp³-hybridized carbons (Fsp3) is 0.444. The van der Waals surface area contributed by atoms with Gasteiger partial charge in [0.05, 0.1) is 0 Å². The molecule has 2 aliphatic rings. The number of carbonyl (C=O) groups is 1. The first-order valence-corrected chi connectivity index (χ1v) is 5.04. The molecule has 1 aliphatic carbocycles. The summed E-state index contributed by atoms with van der Waals surface area (Å²) < 4.78 is 0. The zero-order valence-electron chi connectivity index (χ0n) is 6.67. The van der Waals surface area contributed by atoms with Gasteiger partial charge in [-0.2, -0.15) is 0 Å². The molecular weight excluding hydrogens is 172 g/mol. The van der Waals surface area contributed by atoms with Crippen molar-refractivity contribution in [3.63, 3.8) is 0 Å². The summed E-state index contributed by atoms with van der Waals surface area (Å²) in [6.07, 6.45) is 4.68. The summed E-state index contributed by atoms with van der Waals surface area (Å²) in [5.74, 6) is 0.377. The van der Waals surface area contributed by atoms with Crippen molar-refractivity contribution in [3.05, 3.63) is 22.1 Å². The van der Waals surface area contributed by atoms with E-state index in [0.717, 1.165) is 18.6 Å². The summed E-state index contributed by atoms with van der Waals surface area (Å²) in [6, 6.07) is 0. The normalized spacial score (nSPS) is 22.2. The van der Waals surface area contributed by atoms with Crippen LogP contribution in [0.2, 0.25) is 0 Å². The van der Waals surface area contributed by atoms with Gasteiger partial charge in [0, 0.05) is 16.2 Å².